The number of ether oxygens (including phenoxy) is 2. The highest BCUT2D eigenvalue weighted by Crippen LogP contribution is 2.28. The Hall–Kier alpha value is -2.15. The number of aromatic nitrogens is 1. The third-order valence-electron chi connectivity index (χ3n) is 3.55. The number of benzene rings is 1. The van der Waals surface area contributed by atoms with Gasteiger partial charge >= 0.3 is 5.97 Å². The molecule has 0 atom stereocenters. The standard InChI is InChI=1S/C20H23F2NO3S/c1-4-25-18(24)8-7-14-10-16(21)19(17(22)11-14)26-12-15-6-5-9-23-20(15)27-13(2)3/h5-6,9-11,13H,4,7-8,12H2,1-3H3. The molecular weight excluding hydrogens is 372 g/mol. The number of aryl methyl sites for hydroxylation is 1. The number of carbonyl (C=O) groups excluding carboxylic acids is 1. The van der Waals surface area contributed by atoms with Gasteiger partial charge in [0.2, 0.25) is 0 Å². The third kappa shape index (κ3) is 6.50. The predicted octanol–water partition coefficient (Wildman–Crippen LogP) is 4.94. The number of hydrogen-bond acceptors (Lipinski definition) is 5. The highest BCUT2D eigenvalue weighted by atomic mass is 32.2. The average Bonchev–Trinajstić information content (AvgIpc) is 2.60. The number of halogens is 2. The number of pyridine rings is 1. The van der Waals surface area contributed by atoms with Crippen LogP contribution in [0, 0.1) is 11.6 Å². The Balaban J connectivity index is 2.06. The Bertz CT molecular complexity index is 761. The molecule has 0 aliphatic heterocycles. The van der Waals surface area contributed by atoms with Gasteiger partial charge in [-0.05, 0) is 37.1 Å². The third-order valence-corrected chi connectivity index (χ3v) is 4.61. The van der Waals surface area contributed by atoms with Gasteiger partial charge in [-0.2, -0.15) is 0 Å². The highest BCUT2D eigenvalue weighted by molar-refractivity contribution is 7.99. The first-order chi connectivity index (χ1) is 12.9. The minimum Gasteiger partial charge on any atom is -0.483 e. The minimum atomic E-state index is -0.796. The lowest BCUT2D eigenvalue weighted by atomic mass is 10.1. The first-order valence-electron chi connectivity index (χ1n) is 8.77. The largest absolute Gasteiger partial charge is 0.483 e. The summed E-state index contributed by atoms with van der Waals surface area (Å²) >= 11 is 1.56. The van der Waals surface area contributed by atoms with Crippen LogP contribution in [-0.4, -0.2) is 22.8 Å². The van der Waals surface area contributed by atoms with Gasteiger partial charge in [0.15, 0.2) is 17.4 Å². The molecule has 7 heteroatoms. The summed E-state index contributed by atoms with van der Waals surface area (Å²) in [6, 6.07) is 5.95. The Morgan fingerprint density at radius 1 is 1.26 bits per heavy atom. The van der Waals surface area contributed by atoms with Crippen molar-refractivity contribution in [2.75, 3.05) is 6.61 Å². The van der Waals surface area contributed by atoms with E-state index in [0.717, 1.165) is 10.6 Å². The van der Waals surface area contributed by atoms with E-state index in [2.05, 4.69) is 4.98 Å². The van der Waals surface area contributed by atoms with Gasteiger partial charge in [0.05, 0.1) is 6.61 Å². The molecule has 0 saturated carbocycles. The van der Waals surface area contributed by atoms with Crippen molar-refractivity contribution in [3.05, 3.63) is 53.2 Å². The van der Waals surface area contributed by atoms with Crippen molar-refractivity contribution in [3.63, 3.8) is 0 Å². The van der Waals surface area contributed by atoms with Crippen LogP contribution in [0.2, 0.25) is 0 Å². The average molecular weight is 395 g/mol. The Kier molecular flexibility index (Phi) is 8.03. The highest BCUT2D eigenvalue weighted by Gasteiger charge is 2.15. The van der Waals surface area contributed by atoms with Crippen molar-refractivity contribution in [1.82, 2.24) is 4.98 Å². The zero-order chi connectivity index (χ0) is 19.8. The molecule has 0 N–H and O–H groups in total. The van der Waals surface area contributed by atoms with E-state index in [1.165, 1.54) is 12.1 Å². The molecule has 0 spiro atoms. The SMILES string of the molecule is CCOC(=O)CCc1cc(F)c(OCc2cccnc2SC(C)C)c(F)c1. The summed E-state index contributed by atoms with van der Waals surface area (Å²) in [5, 5.41) is 1.10. The van der Waals surface area contributed by atoms with Crippen molar-refractivity contribution in [3.8, 4) is 5.75 Å². The molecule has 0 bridgehead atoms. The molecule has 0 aliphatic carbocycles. The lowest BCUT2D eigenvalue weighted by Gasteiger charge is -2.13. The molecular formula is C20H23F2NO3S. The van der Waals surface area contributed by atoms with Crippen molar-refractivity contribution in [2.45, 2.75) is 50.5 Å². The van der Waals surface area contributed by atoms with Gasteiger partial charge < -0.3 is 9.47 Å². The zero-order valence-electron chi connectivity index (χ0n) is 15.6. The Morgan fingerprint density at radius 3 is 2.59 bits per heavy atom. The first-order valence-corrected chi connectivity index (χ1v) is 9.65. The number of carbonyl (C=O) groups is 1. The number of nitrogens with zero attached hydrogens (tertiary/aromatic N) is 1. The topological polar surface area (TPSA) is 48.4 Å². The van der Waals surface area contributed by atoms with Gasteiger partial charge in [-0.15, -0.1) is 11.8 Å². The molecule has 1 heterocycles. The molecule has 0 aliphatic rings. The van der Waals surface area contributed by atoms with Crippen LogP contribution in [0.4, 0.5) is 8.78 Å². The molecule has 4 nitrogen and oxygen atoms in total. The van der Waals surface area contributed by atoms with Crippen LogP contribution in [0.15, 0.2) is 35.5 Å². The summed E-state index contributed by atoms with van der Waals surface area (Å²) in [5.41, 5.74) is 1.14. The predicted molar refractivity (Wildman–Crippen MR) is 101 cm³/mol. The molecule has 0 amide bonds. The van der Waals surface area contributed by atoms with Gasteiger partial charge in [0.1, 0.15) is 11.6 Å². The van der Waals surface area contributed by atoms with Crippen LogP contribution in [-0.2, 0) is 22.6 Å². The van der Waals surface area contributed by atoms with E-state index in [1.807, 2.05) is 19.9 Å². The second kappa shape index (κ2) is 10.3. The van der Waals surface area contributed by atoms with Crippen LogP contribution < -0.4 is 4.74 Å². The van der Waals surface area contributed by atoms with Crippen LogP contribution >= 0.6 is 11.8 Å². The Morgan fingerprint density at radius 2 is 1.96 bits per heavy atom. The van der Waals surface area contributed by atoms with Gasteiger partial charge in [-0.1, -0.05) is 19.9 Å². The summed E-state index contributed by atoms with van der Waals surface area (Å²) in [6.07, 6.45) is 1.94. The lowest BCUT2D eigenvalue weighted by Crippen LogP contribution is -2.06. The van der Waals surface area contributed by atoms with Crippen LogP contribution in [0.5, 0.6) is 5.75 Å². The number of thioether (sulfide) groups is 1. The normalized spacial score (nSPS) is 10.9. The van der Waals surface area contributed by atoms with Crippen LogP contribution in [0.25, 0.3) is 0 Å². The summed E-state index contributed by atoms with van der Waals surface area (Å²) in [5.74, 6) is -2.42. The molecule has 27 heavy (non-hydrogen) atoms. The van der Waals surface area contributed by atoms with E-state index in [-0.39, 0.29) is 26.1 Å². The fourth-order valence-corrected chi connectivity index (χ4v) is 3.23. The molecule has 0 saturated heterocycles. The van der Waals surface area contributed by atoms with Crippen LogP contribution in [0.1, 0.15) is 38.3 Å². The van der Waals surface area contributed by atoms with Crippen molar-refractivity contribution in [2.24, 2.45) is 0 Å². The van der Waals surface area contributed by atoms with Gasteiger partial charge in [-0.25, -0.2) is 13.8 Å². The van der Waals surface area contributed by atoms with E-state index in [1.54, 1.807) is 30.9 Å². The van der Waals surface area contributed by atoms with E-state index in [0.29, 0.717) is 10.8 Å². The molecule has 0 radical (unpaired) electrons. The van der Waals surface area contributed by atoms with Crippen LogP contribution in [0.3, 0.4) is 0 Å². The van der Waals surface area contributed by atoms with E-state index < -0.39 is 23.4 Å². The summed E-state index contributed by atoms with van der Waals surface area (Å²) in [7, 11) is 0. The zero-order valence-corrected chi connectivity index (χ0v) is 16.4. The fraction of sp³-hybridized carbons (Fsp3) is 0.400. The monoisotopic (exact) mass is 395 g/mol. The molecule has 2 rings (SSSR count). The maximum atomic E-state index is 14.3. The Labute approximate surface area is 162 Å². The van der Waals surface area contributed by atoms with E-state index in [9.17, 15) is 13.6 Å². The van der Waals surface area contributed by atoms with Crippen molar-refractivity contribution < 1.29 is 23.0 Å². The minimum absolute atomic E-state index is 0.0128. The van der Waals surface area contributed by atoms with E-state index >= 15 is 0 Å². The fourth-order valence-electron chi connectivity index (χ4n) is 2.39. The molecule has 0 unspecified atom stereocenters. The summed E-state index contributed by atoms with van der Waals surface area (Å²) < 4.78 is 38.8. The van der Waals surface area contributed by atoms with Gasteiger partial charge in [-0.3, -0.25) is 4.79 Å². The van der Waals surface area contributed by atoms with Crippen molar-refractivity contribution in [1.29, 1.82) is 0 Å². The second-order valence-electron chi connectivity index (χ2n) is 6.12. The lowest BCUT2D eigenvalue weighted by molar-refractivity contribution is -0.143. The number of rotatable bonds is 9. The van der Waals surface area contributed by atoms with Gasteiger partial charge in [0.25, 0.3) is 0 Å². The van der Waals surface area contributed by atoms with Gasteiger partial charge in [0, 0.05) is 23.4 Å². The maximum absolute atomic E-state index is 14.3. The quantitative estimate of drug-likeness (QED) is 0.445. The molecule has 0 fully saturated rings. The van der Waals surface area contributed by atoms with Crippen molar-refractivity contribution >= 4 is 17.7 Å². The molecule has 2 aromatic rings. The molecule has 1 aromatic carbocycles. The van der Waals surface area contributed by atoms with E-state index in [4.69, 9.17) is 9.47 Å². The maximum Gasteiger partial charge on any atom is 0.306 e. The number of esters is 1. The molecule has 1 aromatic heterocycles. The summed E-state index contributed by atoms with van der Waals surface area (Å²) in [4.78, 5) is 15.7. The smallest absolute Gasteiger partial charge is 0.306 e. The summed E-state index contributed by atoms with van der Waals surface area (Å²) in [6.45, 7) is 6.08. The number of hydrogen-bond donors (Lipinski definition) is 0. The first kappa shape index (κ1) is 21.2. The second-order valence-corrected chi connectivity index (χ2v) is 7.68. The molecule has 146 valence electrons.